The van der Waals surface area contributed by atoms with Crippen LogP contribution in [0.1, 0.15) is 11.1 Å². The smallest absolute Gasteiger partial charge is 0.00237 e. The van der Waals surface area contributed by atoms with E-state index in [0.29, 0.717) is 0 Å². The third-order valence-electron chi connectivity index (χ3n) is 5.65. The highest BCUT2D eigenvalue weighted by molar-refractivity contribution is 6.21. The molecule has 0 aromatic heterocycles. The summed E-state index contributed by atoms with van der Waals surface area (Å²) in [5, 5.41) is 5.24. The third kappa shape index (κ3) is 2.61. The SMILES string of the molecule is Cc1cccc(-c2c3ccccc3c(-c3ccccc3C)c3ccccc23)c1. The normalized spacial score (nSPS) is 11.2. The Morgan fingerprint density at radius 1 is 0.464 bits per heavy atom. The zero-order chi connectivity index (χ0) is 19.1. The Hall–Kier alpha value is -3.38. The molecule has 0 saturated carbocycles. The summed E-state index contributed by atoms with van der Waals surface area (Å²) in [7, 11) is 0. The number of benzene rings is 5. The molecule has 0 amide bonds. The van der Waals surface area contributed by atoms with Gasteiger partial charge in [0, 0.05) is 0 Å². The van der Waals surface area contributed by atoms with E-state index in [1.54, 1.807) is 0 Å². The Balaban J connectivity index is 2.02. The van der Waals surface area contributed by atoms with Gasteiger partial charge in [-0.1, -0.05) is 103 Å². The molecular weight excluding hydrogens is 336 g/mol. The van der Waals surface area contributed by atoms with Gasteiger partial charge in [0.2, 0.25) is 0 Å². The van der Waals surface area contributed by atoms with Crippen molar-refractivity contribution in [3.8, 4) is 22.3 Å². The summed E-state index contributed by atoms with van der Waals surface area (Å²) in [5.74, 6) is 0. The highest BCUT2D eigenvalue weighted by atomic mass is 14.2. The van der Waals surface area contributed by atoms with Crippen molar-refractivity contribution < 1.29 is 0 Å². The van der Waals surface area contributed by atoms with Crippen LogP contribution in [-0.2, 0) is 0 Å². The predicted octanol–water partition coefficient (Wildman–Crippen LogP) is 7.94. The number of hydrogen-bond donors (Lipinski definition) is 0. The van der Waals surface area contributed by atoms with Crippen molar-refractivity contribution in [3.63, 3.8) is 0 Å². The molecule has 0 heterocycles. The first-order valence-electron chi connectivity index (χ1n) is 9.80. The van der Waals surface area contributed by atoms with Crippen LogP contribution in [0.15, 0.2) is 97.1 Å². The van der Waals surface area contributed by atoms with Crippen molar-refractivity contribution in [1.29, 1.82) is 0 Å². The summed E-state index contributed by atoms with van der Waals surface area (Å²) in [5.41, 5.74) is 7.84. The van der Waals surface area contributed by atoms with E-state index in [1.165, 1.54) is 54.9 Å². The second kappa shape index (κ2) is 6.65. The molecule has 0 nitrogen and oxygen atoms in total. The first kappa shape index (κ1) is 16.8. The molecule has 134 valence electrons. The lowest BCUT2D eigenvalue weighted by Crippen LogP contribution is -1.92. The Bertz CT molecular complexity index is 1270. The molecule has 0 radical (unpaired) electrons. The molecule has 0 N–H and O–H groups in total. The Kier molecular flexibility index (Phi) is 3.98. The van der Waals surface area contributed by atoms with Crippen LogP contribution >= 0.6 is 0 Å². The minimum Gasteiger partial charge on any atom is -0.0620 e. The van der Waals surface area contributed by atoms with Crippen molar-refractivity contribution in [2.24, 2.45) is 0 Å². The van der Waals surface area contributed by atoms with E-state index in [2.05, 4.69) is 111 Å². The van der Waals surface area contributed by atoms with Crippen LogP contribution < -0.4 is 0 Å². The average Bonchev–Trinajstić information content (AvgIpc) is 2.72. The van der Waals surface area contributed by atoms with Gasteiger partial charge < -0.3 is 0 Å². The fourth-order valence-electron chi connectivity index (χ4n) is 4.38. The summed E-state index contributed by atoms with van der Waals surface area (Å²) in [6, 6.07) is 35.2. The Labute approximate surface area is 166 Å². The molecule has 5 rings (SSSR count). The lowest BCUT2D eigenvalue weighted by atomic mass is 9.85. The molecule has 0 aliphatic carbocycles. The first-order chi connectivity index (χ1) is 13.7. The summed E-state index contributed by atoms with van der Waals surface area (Å²) in [4.78, 5) is 0. The molecule has 0 aliphatic rings. The quantitative estimate of drug-likeness (QED) is 0.281. The van der Waals surface area contributed by atoms with Crippen LogP contribution in [0.4, 0.5) is 0 Å². The van der Waals surface area contributed by atoms with Gasteiger partial charge in [-0.3, -0.25) is 0 Å². The predicted molar refractivity (Wildman–Crippen MR) is 122 cm³/mol. The minimum atomic E-state index is 1.28. The lowest BCUT2D eigenvalue weighted by molar-refractivity contribution is 1.47. The number of rotatable bonds is 2. The van der Waals surface area contributed by atoms with Gasteiger partial charge in [0.1, 0.15) is 0 Å². The van der Waals surface area contributed by atoms with Gasteiger partial charge in [0.25, 0.3) is 0 Å². The molecule has 5 aromatic carbocycles. The zero-order valence-corrected chi connectivity index (χ0v) is 16.2. The maximum absolute atomic E-state index is 2.29. The molecule has 0 atom stereocenters. The fourth-order valence-corrected chi connectivity index (χ4v) is 4.38. The molecule has 0 bridgehead atoms. The van der Waals surface area contributed by atoms with Gasteiger partial charge >= 0.3 is 0 Å². The molecule has 5 aromatic rings. The van der Waals surface area contributed by atoms with E-state index in [-0.39, 0.29) is 0 Å². The van der Waals surface area contributed by atoms with Crippen LogP contribution in [0.25, 0.3) is 43.8 Å². The zero-order valence-electron chi connectivity index (χ0n) is 16.2. The van der Waals surface area contributed by atoms with Crippen LogP contribution in [0, 0.1) is 13.8 Å². The van der Waals surface area contributed by atoms with Gasteiger partial charge in [-0.15, -0.1) is 0 Å². The third-order valence-corrected chi connectivity index (χ3v) is 5.65. The summed E-state index contributed by atoms with van der Waals surface area (Å²) >= 11 is 0. The standard InChI is InChI=1S/C28H22/c1-19-10-9-12-21(18-19)27-23-14-5-7-16-25(23)28(22-13-4-3-11-20(22)2)26-17-8-6-15-24(26)27/h3-18H,1-2H3. The van der Waals surface area contributed by atoms with Gasteiger partial charge in [-0.2, -0.15) is 0 Å². The molecule has 0 saturated heterocycles. The minimum absolute atomic E-state index is 1.28. The molecule has 0 spiro atoms. The van der Waals surface area contributed by atoms with Gasteiger partial charge in [0.15, 0.2) is 0 Å². The average molecular weight is 358 g/mol. The fraction of sp³-hybridized carbons (Fsp3) is 0.0714. The largest absolute Gasteiger partial charge is 0.0620 e. The maximum Gasteiger partial charge on any atom is -0.00237 e. The van der Waals surface area contributed by atoms with Gasteiger partial charge in [0.05, 0.1) is 0 Å². The molecule has 0 fully saturated rings. The van der Waals surface area contributed by atoms with E-state index >= 15 is 0 Å². The lowest BCUT2D eigenvalue weighted by Gasteiger charge is -2.18. The summed E-state index contributed by atoms with van der Waals surface area (Å²) in [6.07, 6.45) is 0. The second-order valence-corrected chi connectivity index (χ2v) is 7.53. The molecule has 0 aliphatic heterocycles. The first-order valence-corrected chi connectivity index (χ1v) is 9.80. The second-order valence-electron chi connectivity index (χ2n) is 7.53. The van der Waals surface area contributed by atoms with Gasteiger partial charge in [-0.05, 0) is 63.2 Å². The number of hydrogen-bond acceptors (Lipinski definition) is 0. The molecule has 0 unspecified atom stereocenters. The van der Waals surface area contributed by atoms with Crippen molar-refractivity contribution in [3.05, 3.63) is 108 Å². The molecule has 0 heteroatoms. The van der Waals surface area contributed by atoms with E-state index in [1.807, 2.05) is 0 Å². The van der Waals surface area contributed by atoms with E-state index in [4.69, 9.17) is 0 Å². The van der Waals surface area contributed by atoms with Crippen molar-refractivity contribution in [2.45, 2.75) is 13.8 Å². The molecular formula is C28H22. The van der Waals surface area contributed by atoms with E-state index in [9.17, 15) is 0 Å². The van der Waals surface area contributed by atoms with Crippen LogP contribution in [-0.4, -0.2) is 0 Å². The van der Waals surface area contributed by atoms with Crippen molar-refractivity contribution in [1.82, 2.24) is 0 Å². The van der Waals surface area contributed by atoms with Crippen LogP contribution in [0.5, 0.6) is 0 Å². The number of fused-ring (bicyclic) bond motifs is 2. The Morgan fingerprint density at radius 3 is 1.57 bits per heavy atom. The highest BCUT2D eigenvalue weighted by Gasteiger charge is 2.16. The van der Waals surface area contributed by atoms with Crippen molar-refractivity contribution >= 4 is 21.5 Å². The highest BCUT2D eigenvalue weighted by Crippen LogP contribution is 2.44. The van der Waals surface area contributed by atoms with Gasteiger partial charge in [-0.25, -0.2) is 0 Å². The molecule has 28 heavy (non-hydrogen) atoms. The maximum atomic E-state index is 2.29. The number of aryl methyl sites for hydroxylation is 2. The van der Waals surface area contributed by atoms with Crippen LogP contribution in [0.2, 0.25) is 0 Å². The summed E-state index contributed by atoms with van der Waals surface area (Å²) < 4.78 is 0. The van der Waals surface area contributed by atoms with Crippen LogP contribution in [0.3, 0.4) is 0 Å². The van der Waals surface area contributed by atoms with Crippen molar-refractivity contribution in [2.75, 3.05) is 0 Å². The Morgan fingerprint density at radius 2 is 1.00 bits per heavy atom. The topological polar surface area (TPSA) is 0 Å². The monoisotopic (exact) mass is 358 g/mol. The van der Waals surface area contributed by atoms with E-state index in [0.717, 1.165) is 0 Å². The summed E-state index contributed by atoms with van der Waals surface area (Å²) in [6.45, 7) is 4.36. The van der Waals surface area contributed by atoms with E-state index < -0.39 is 0 Å².